The number of thioether (sulfide) groups is 1. The molecule has 2 amide bonds. The zero-order chi connectivity index (χ0) is 17.9. The lowest BCUT2D eigenvalue weighted by Gasteiger charge is -2.19. The van der Waals surface area contributed by atoms with Crippen LogP contribution in [0.1, 0.15) is 42.6 Å². The molecule has 0 aliphatic rings. The normalized spacial score (nSPS) is 11.4. The van der Waals surface area contributed by atoms with Crippen molar-refractivity contribution >= 4 is 40.0 Å². The molecule has 2 heterocycles. The zero-order valence-corrected chi connectivity index (χ0v) is 15.9. The third-order valence-electron chi connectivity index (χ3n) is 2.75. The maximum atomic E-state index is 12.2. The van der Waals surface area contributed by atoms with Gasteiger partial charge in [0.1, 0.15) is 11.5 Å². The molecule has 24 heavy (non-hydrogen) atoms. The maximum absolute atomic E-state index is 12.2. The number of rotatable bonds is 5. The first-order valence-electron chi connectivity index (χ1n) is 7.30. The smallest absolute Gasteiger partial charge is 0.261 e. The van der Waals surface area contributed by atoms with Gasteiger partial charge in [-0.2, -0.15) is 0 Å². The van der Waals surface area contributed by atoms with Crippen molar-refractivity contribution in [2.45, 2.75) is 44.5 Å². The largest absolute Gasteiger partial charge is 0.466 e. The average Bonchev–Trinajstić information content (AvgIpc) is 3.01. The summed E-state index contributed by atoms with van der Waals surface area (Å²) in [6.45, 7) is 9.29. The van der Waals surface area contributed by atoms with Crippen LogP contribution in [-0.2, 0) is 4.79 Å². The molecule has 0 radical (unpaired) electrons. The van der Waals surface area contributed by atoms with Crippen LogP contribution in [0, 0.1) is 13.8 Å². The quantitative estimate of drug-likeness (QED) is 0.622. The summed E-state index contributed by atoms with van der Waals surface area (Å²) in [6.07, 6.45) is 0. The fourth-order valence-electron chi connectivity index (χ4n) is 1.92. The second-order valence-corrected chi connectivity index (χ2v) is 8.44. The molecule has 130 valence electrons. The van der Waals surface area contributed by atoms with Crippen LogP contribution in [-0.4, -0.2) is 33.3 Å². The van der Waals surface area contributed by atoms with Crippen LogP contribution in [0.2, 0.25) is 0 Å². The molecule has 0 saturated carbocycles. The first kappa shape index (κ1) is 18.5. The fourth-order valence-corrected chi connectivity index (χ4v) is 3.47. The van der Waals surface area contributed by atoms with Crippen molar-refractivity contribution < 1.29 is 14.0 Å². The standard InChI is InChI=1S/C15H20N4O3S2/c1-8-6-10(9(2)22-8)12(21)16-13-18-19-14(24-13)23-7-11(20)17-15(3,4)5/h6H,7H2,1-5H3,(H,17,20)(H,16,18,21). The Bertz CT molecular complexity index is 746. The lowest BCUT2D eigenvalue weighted by atomic mass is 10.1. The van der Waals surface area contributed by atoms with Crippen molar-refractivity contribution in [3.8, 4) is 0 Å². The van der Waals surface area contributed by atoms with Gasteiger partial charge in [0, 0.05) is 5.54 Å². The van der Waals surface area contributed by atoms with E-state index in [0.29, 0.717) is 26.6 Å². The Kier molecular flexibility index (Phi) is 5.66. The monoisotopic (exact) mass is 368 g/mol. The highest BCUT2D eigenvalue weighted by Gasteiger charge is 2.17. The van der Waals surface area contributed by atoms with Crippen LogP contribution in [0.4, 0.5) is 5.13 Å². The van der Waals surface area contributed by atoms with E-state index in [1.54, 1.807) is 19.9 Å². The summed E-state index contributed by atoms with van der Waals surface area (Å²) in [4.78, 5) is 24.0. The zero-order valence-electron chi connectivity index (χ0n) is 14.2. The summed E-state index contributed by atoms with van der Waals surface area (Å²) < 4.78 is 5.96. The molecule has 0 fully saturated rings. The summed E-state index contributed by atoms with van der Waals surface area (Å²) in [5, 5.41) is 13.8. The highest BCUT2D eigenvalue weighted by molar-refractivity contribution is 8.01. The van der Waals surface area contributed by atoms with Crippen molar-refractivity contribution in [2.24, 2.45) is 0 Å². The molecular formula is C15H20N4O3S2. The number of anilines is 1. The van der Waals surface area contributed by atoms with E-state index in [9.17, 15) is 9.59 Å². The molecule has 0 aliphatic heterocycles. The van der Waals surface area contributed by atoms with Crippen LogP contribution in [0.25, 0.3) is 0 Å². The molecule has 2 aromatic rings. The number of carbonyl (C=O) groups excluding carboxylic acids is 2. The Morgan fingerprint density at radius 2 is 2.00 bits per heavy atom. The van der Waals surface area contributed by atoms with Crippen LogP contribution in [0.15, 0.2) is 14.8 Å². The van der Waals surface area contributed by atoms with Gasteiger partial charge in [-0.05, 0) is 40.7 Å². The van der Waals surface area contributed by atoms with Crippen molar-refractivity contribution in [3.63, 3.8) is 0 Å². The minimum Gasteiger partial charge on any atom is -0.466 e. The van der Waals surface area contributed by atoms with Gasteiger partial charge >= 0.3 is 0 Å². The van der Waals surface area contributed by atoms with E-state index in [2.05, 4.69) is 20.8 Å². The second-order valence-electron chi connectivity index (χ2n) is 6.24. The number of aryl methyl sites for hydroxylation is 2. The summed E-state index contributed by atoms with van der Waals surface area (Å²) in [5.74, 6) is 1.12. The third-order valence-corrected chi connectivity index (χ3v) is 4.73. The minimum absolute atomic E-state index is 0.0715. The van der Waals surface area contributed by atoms with Gasteiger partial charge in [0.25, 0.3) is 5.91 Å². The van der Waals surface area contributed by atoms with Gasteiger partial charge < -0.3 is 9.73 Å². The van der Waals surface area contributed by atoms with E-state index in [-0.39, 0.29) is 23.1 Å². The number of hydrogen-bond acceptors (Lipinski definition) is 7. The minimum atomic E-state index is -0.289. The number of aromatic nitrogens is 2. The van der Waals surface area contributed by atoms with Gasteiger partial charge in [-0.15, -0.1) is 10.2 Å². The maximum Gasteiger partial charge on any atom is 0.261 e. The predicted octanol–water partition coefficient (Wildman–Crippen LogP) is 3.01. The molecule has 2 aromatic heterocycles. The fraction of sp³-hybridized carbons (Fsp3) is 0.467. The van der Waals surface area contributed by atoms with E-state index in [0.717, 1.165) is 0 Å². The van der Waals surface area contributed by atoms with E-state index >= 15 is 0 Å². The lowest BCUT2D eigenvalue weighted by Crippen LogP contribution is -2.41. The molecule has 0 aromatic carbocycles. The van der Waals surface area contributed by atoms with Crippen molar-refractivity contribution in [3.05, 3.63) is 23.2 Å². The molecule has 2 N–H and O–H groups in total. The first-order chi connectivity index (χ1) is 11.1. The van der Waals surface area contributed by atoms with Crippen molar-refractivity contribution in [1.82, 2.24) is 15.5 Å². The highest BCUT2D eigenvalue weighted by atomic mass is 32.2. The molecule has 0 atom stereocenters. The van der Waals surface area contributed by atoms with E-state index in [4.69, 9.17) is 4.42 Å². The number of amides is 2. The van der Waals surface area contributed by atoms with Crippen LogP contribution in [0.3, 0.4) is 0 Å². The molecule has 0 bridgehead atoms. The Labute approximate surface area is 148 Å². The van der Waals surface area contributed by atoms with E-state index in [1.807, 2.05) is 20.8 Å². The predicted molar refractivity (Wildman–Crippen MR) is 94.7 cm³/mol. The number of nitrogens with zero attached hydrogens (tertiary/aromatic N) is 2. The third kappa shape index (κ3) is 5.34. The molecule has 2 rings (SSSR count). The number of hydrogen-bond donors (Lipinski definition) is 2. The average molecular weight is 368 g/mol. The van der Waals surface area contributed by atoms with Crippen LogP contribution in [0.5, 0.6) is 0 Å². The lowest BCUT2D eigenvalue weighted by molar-refractivity contribution is -0.119. The Hall–Kier alpha value is -1.87. The number of nitrogens with one attached hydrogen (secondary N) is 2. The van der Waals surface area contributed by atoms with Crippen molar-refractivity contribution in [1.29, 1.82) is 0 Å². The number of carbonyl (C=O) groups is 2. The Morgan fingerprint density at radius 1 is 1.29 bits per heavy atom. The van der Waals surface area contributed by atoms with Crippen molar-refractivity contribution in [2.75, 3.05) is 11.1 Å². The molecular weight excluding hydrogens is 348 g/mol. The topological polar surface area (TPSA) is 97.1 Å². The van der Waals surface area contributed by atoms with E-state index < -0.39 is 0 Å². The van der Waals surface area contributed by atoms with Gasteiger partial charge in [-0.1, -0.05) is 23.1 Å². The summed E-state index contributed by atoms with van der Waals surface area (Å²) in [7, 11) is 0. The molecule has 0 unspecified atom stereocenters. The Morgan fingerprint density at radius 3 is 2.58 bits per heavy atom. The summed E-state index contributed by atoms with van der Waals surface area (Å²) >= 11 is 2.51. The molecule has 0 spiro atoms. The molecule has 7 nitrogen and oxygen atoms in total. The first-order valence-corrected chi connectivity index (χ1v) is 9.10. The van der Waals surface area contributed by atoms with Gasteiger partial charge in [-0.3, -0.25) is 14.9 Å². The number of furan rings is 1. The Balaban J connectivity index is 1.90. The summed E-state index contributed by atoms with van der Waals surface area (Å²) in [6, 6.07) is 1.68. The highest BCUT2D eigenvalue weighted by Crippen LogP contribution is 2.26. The molecule has 9 heteroatoms. The van der Waals surface area contributed by atoms with Gasteiger partial charge in [0.15, 0.2) is 4.34 Å². The van der Waals surface area contributed by atoms with Gasteiger partial charge in [-0.25, -0.2) is 0 Å². The summed E-state index contributed by atoms with van der Waals surface area (Å²) in [5.41, 5.74) is 0.208. The molecule has 0 aliphatic carbocycles. The van der Waals surface area contributed by atoms with Gasteiger partial charge in [0.05, 0.1) is 11.3 Å². The van der Waals surface area contributed by atoms with Crippen LogP contribution >= 0.6 is 23.1 Å². The van der Waals surface area contributed by atoms with E-state index in [1.165, 1.54) is 23.1 Å². The van der Waals surface area contributed by atoms with Gasteiger partial charge in [0.2, 0.25) is 11.0 Å². The second kappa shape index (κ2) is 7.35. The van der Waals surface area contributed by atoms with Crippen LogP contribution < -0.4 is 10.6 Å². The molecule has 0 saturated heterocycles. The SMILES string of the molecule is Cc1cc(C(=O)Nc2nnc(SCC(=O)NC(C)(C)C)s2)c(C)o1.